The lowest BCUT2D eigenvalue weighted by Crippen LogP contribution is -2.12. The van der Waals surface area contributed by atoms with Crippen molar-refractivity contribution >= 4 is 11.6 Å². The molecule has 0 spiro atoms. The van der Waals surface area contributed by atoms with E-state index in [2.05, 4.69) is 38.1 Å². The Kier molecular flexibility index (Phi) is 4.10. The lowest BCUT2D eigenvalue weighted by atomic mass is 9.98. The van der Waals surface area contributed by atoms with Crippen molar-refractivity contribution in [3.63, 3.8) is 0 Å². The average Bonchev–Trinajstić information content (AvgIpc) is 2.76. The van der Waals surface area contributed by atoms with Crippen LogP contribution in [0.1, 0.15) is 42.5 Å². The zero-order valence-electron chi connectivity index (χ0n) is 10.7. The molecule has 2 rings (SSSR count). The van der Waals surface area contributed by atoms with E-state index in [0.29, 0.717) is 11.1 Å². The summed E-state index contributed by atoms with van der Waals surface area (Å²) >= 11 is 5.92. The summed E-state index contributed by atoms with van der Waals surface area (Å²) in [6.45, 7) is 4.37. The third kappa shape index (κ3) is 2.95. The minimum absolute atomic E-state index is 0.124. The zero-order valence-corrected chi connectivity index (χ0v) is 11.4. The van der Waals surface area contributed by atoms with E-state index in [1.54, 1.807) is 6.26 Å². The highest BCUT2D eigenvalue weighted by atomic mass is 35.5. The van der Waals surface area contributed by atoms with E-state index in [9.17, 15) is 0 Å². The Hall–Kier alpha value is -1.25. The molecule has 2 aromatic rings. The van der Waals surface area contributed by atoms with Crippen LogP contribution in [-0.2, 0) is 6.42 Å². The molecule has 1 aromatic carbocycles. The van der Waals surface area contributed by atoms with E-state index in [4.69, 9.17) is 21.8 Å². The molecule has 1 unspecified atom stereocenters. The van der Waals surface area contributed by atoms with E-state index < -0.39 is 0 Å². The van der Waals surface area contributed by atoms with Gasteiger partial charge in [-0.25, -0.2) is 0 Å². The number of furan rings is 1. The van der Waals surface area contributed by atoms with Crippen LogP contribution in [0.25, 0.3) is 0 Å². The molecule has 0 aliphatic heterocycles. The molecule has 0 saturated carbocycles. The Bertz CT molecular complexity index is 501. The molecule has 1 heterocycles. The predicted octanol–water partition coefficient (Wildman–Crippen LogP) is 4.30. The number of hydrogen-bond donors (Lipinski definition) is 1. The van der Waals surface area contributed by atoms with E-state index >= 15 is 0 Å². The Morgan fingerprint density at radius 1 is 1.17 bits per heavy atom. The molecule has 2 nitrogen and oxygen atoms in total. The molecule has 0 radical (unpaired) electrons. The fourth-order valence-electron chi connectivity index (χ4n) is 1.97. The van der Waals surface area contributed by atoms with Crippen molar-refractivity contribution in [1.29, 1.82) is 0 Å². The molecule has 0 saturated heterocycles. The maximum Gasteiger partial charge on any atom is 0.197 e. The second kappa shape index (κ2) is 5.59. The van der Waals surface area contributed by atoms with Crippen molar-refractivity contribution in [1.82, 2.24) is 0 Å². The Balaban J connectivity index is 2.08. The van der Waals surface area contributed by atoms with Crippen LogP contribution in [-0.4, -0.2) is 0 Å². The summed E-state index contributed by atoms with van der Waals surface area (Å²) in [7, 11) is 0. The van der Waals surface area contributed by atoms with Gasteiger partial charge in [-0.15, -0.1) is 0 Å². The van der Waals surface area contributed by atoms with Crippen molar-refractivity contribution < 1.29 is 4.42 Å². The fourth-order valence-corrected chi connectivity index (χ4v) is 2.23. The molecule has 3 heteroatoms. The molecule has 0 aliphatic carbocycles. The molecule has 0 bridgehead atoms. The second-order valence-corrected chi connectivity index (χ2v) is 5.20. The summed E-state index contributed by atoms with van der Waals surface area (Å²) in [4.78, 5) is 0. The standard InChI is InChI=1S/C15H18ClNO/c1-10(2)12-5-3-11(4-6-12)9-14(17)13-7-8-18-15(13)16/h3-8,10,14H,9,17H2,1-2H3. The summed E-state index contributed by atoms with van der Waals surface area (Å²) in [5, 5.41) is 0.390. The molecule has 0 fully saturated rings. The Labute approximate surface area is 113 Å². The smallest absolute Gasteiger partial charge is 0.197 e. The van der Waals surface area contributed by atoms with Crippen LogP contribution in [0.2, 0.25) is 5.22 Å². The van der Waals surface area contributed by atoms with Crippen LogP contribution in [0, 0.1) is 0 Å². The van der Waals surface area contributed by atoms with Gasteiger partial charge in [-0.2, -0.15) is 0 Å². The summed E-state index contributed by atoms with van der Waals surface area (Å²) < 4.78 is 5.06. The minimum Gasteiger partial charge on any atom is -0.453 e. The zero-order chi connectivity index (χ0) is 13.1. The highest BCUT2D eigenvalue weighted by Gasteiger charge is 2.13. The second-order valence-electron chi connectivity index (χ2n) is 4.86. The van der Waals surface area contributed by atoms with Gasteiger partial charge in [-0.05, 0) is 41.1 Å². The molecule has 0 amide bonds. The van der Waals surface area contributed by atoms with Gasteiger partial charge in [-0.3, -0.25) is 0 Å². The van der Waals surface area contributed by atoms with Gasteiger partial charge in [-0.1, -0.05) is 38.1 Å². The summed E-state index contributed by atoms with van der Waals surface area (Å²) in [5.74, 6) is 0.552. The van der Waals surface area contributed by atoms with Gasteiger partial charge in [0.05, 0.1) is 6.26 Å². The molecule has 2 N–H and O–H groups in total. The lowest BCUT2D eigenvalue weighted by Gasteiger charge is -2.11. The van der Waals surface area contributed by atoms with Crippen molar-refractivity contribution in [3.05, 3.63) is 58.5 Å². The first-order chi connectivity index (χ1) is 8.58. The number of benzene rings is 1. The first kappa shape index (κ1) is 13.2. The van der Waals surface area contributed by atoms with E-state index in [-0.39, 0.29) is 6.04 Å². The van der Waals surface area contributed by atoms with E-state index in [1.165, 1.54) is 11.1 Å². The van der Waals surface area contributed by atoms with Gasteiger partial charge in [0.2, 0.25) is 0 Å². The quantitative estimate of drug-likeness (QED) is 0.893. The molecule has 18 heavy (non-hydrogen) atoms. The van der Waals surface area contributed by atoms with Gasteiger partial charge in [0.15, 0.2) is 5.22 Å². The van der Waals surface area contributed by atoms with Gasteiger partial charge >= 0.3 is 0 Å². The number of halogens is 1. The Morgan fingerprint density at radius 2 is 1.83 bits per heavy atom. The highest BCUT2D eigenvalue weighted by Crippen LogP contribution is 2.25. The van der Waals surface area contributed by atoms with Gasteiger partial charge in [0.1, 0.15) is 0 Å². The third-order valence-electron chi connectivity index (χ3n) is 3.15. The van der Waals surface area contributed by atoms with Crippen molar-refractivity contribution in [3.8, 4) is 0 Å². The first-order valence-electron chi connectivity index (χ1n) is 6.15. The summed E-state index contributed by atoms with van der Waals surface area (Å²) in [6, 6.07) is 10.3. The van der Waals surface area contributed by atoms with Crippen LogP contribution < -0.4 is 5.73 Å². The largest absolute Gasteiger partial charge is 0.453 e. The summed E-state index contributed by atoms with van der Waals surface area (Å²) in [6.07, 6.45) is 2.33. The van der Waals surface area contributed by atoms with E-state index in [0.717, 1.165) is 12.0 Å². The van der Waals surface area contributed by atoms with Crippen molar-refractivity contribution in [2.45, 2.75) is 32.2 Å². The predicted molar refractivity (Wildman–Crippen MR) is 74.9 cm³/mol. The number of nitrogens with two attached hydrogens (primary N) is 1. The monoisotopic (exact) mass is 263 g/mol. The third-order valence-corrected chi connectivity index (χ3v) is 3.45. The van der Waals surface area contributed by atoms with Crippen LogP contribution in [0.15, 0.2) is 41.0 Å². The van der Waals surface area contributed by atoms with Gasteiger partial charge in [0.25, 0.3) is 0 Å². The van der Waals surface area contributed by atoms with Crippen LogP contribution in [0.3, 0.4) is 0 Å². The molecule has 96 valence electrons. The maximum atomic E-state index is 6.13. The lowest BCUT2D eigenvalue weighted by molar-refractivity contribution is 0.560. The topological polar surface area (TPSA) is 39.2 Å². The highest BCUT2D eigenvalue weighted by molar-refractivity contribution is 6.29. The fraction of sp³-hybridized carbons (Fsp3) is 0.333. The average molecular weight is 264 g/mol. The summed E-state index contributed by atoms with van der Waals surface area (Å²) in [5.41, 5.74) is 9.54. The maximum absolute atomic E-state index is 6.13. The normalized spacial score (nSPS) is 12.9. The number of rotatable bonds is 4. The molecule has 1 aromatic heterocycles. The van der Waals surface area contributed by atoms with Gasteiger partial charge in [0, 0.05) is 11.6 Å². The molecular weight excluding hydrogens is 246 g/mol. The number of hydrogen-bond acceptors (Lipinski definition) is 2. The van der Waals surface area contributed by atoms with Crippen LogP contribution >= 0.6 is 11.6 Å². The molecule has 1 atom stereocenters. The first-order valence-corrected chi connectivity index (χ1v) is 6.53. The molecule has 0 aliphatic rings. The van der Waals surface area contributed by atoms with Crippen LogP contribution in [0.5, 0.6) is 0 Å². The molecular formula is C15H18ClNO. The Morgan fingerprint density at radius 3 is 2.33 bits per heavy atom. The van der Waals surface area contributed by atoms with Crippen molar-refractivity contribution in [2.75, 3.05) is 0 Å². The SMILES string of the molecule is CC(C)c1ccc(CC(N)c2ccoc2Cl)cc1. The van der Waals surface area contributed by atoms with E-state index in [1.807, 2.05) is 6.07 Å². The van der Waals surface area contributed by atoms with Crippen molar-refractivity contribution in [2.24, 2.45) is 5.73 Å². The van der Waals surface area contributed by atoms with Crippen LogP contribution in [0.4, 0.5) is 0 Å². The minimum atomic E-state index is -0.124. The van der Waals surface area contributed by atoms with Gasteiger partial charge < -0.3 is 10.2 Å².